The highest BCUT2D eigenvalue weighted by atomic mass is 16.7. The number of esters is 2. The highest BCUT2D eigenvalue weighted by Gasteiger charge is 2.44. The highest BCUT2D eigenvalue weighted by Crippen LogP contribution is 2.23. The maximum Gasteiger partial charge on any atom is 0.306 e. The number of aliphatic hydroxyl groups is 4. The maximum absolute atomic E-state index is 12.8. The summed E-state index contributed by atoms with van der Waals surface area (Å²) >= 11 is 0. The van der Waals surface area contributed by atoms with Gasteiger partial charge in [-0.05, 0) is 64.2 Å². The van der Waals surface area contributed by atoms with Crippen LogP contribution >= 0.6 is 0 Å². The summed E-state index contributed by atoms with van der Waals surface area (Å²) in [5, 5.41) is 40.1. The summed E-state index contributed by atoms with van der Waals surface area (Å²) in [6, 6.07) is 0. The second-order valence-corrected chi connectivity index (χ2v) is 16.2. The number of hydrogen-bond donors (Lipinski definition) is 4. The molecule has 10 nitrogen and oxygen atoms in total. The van der Waals surface area contributed by atoms with E-state index in [1.165, 1.54) is 109 Å². The van der Waals surface area contributed by atoms with Crippen LogP contribution in [0.4, 0.5) is 0 Å². The molecule has 0 spiro atoms. The maximum atomic E-state index is 12.8. The van der Waals surface area contributed by atoms with Crippen molar-refractivity contribution in [3.05, 3.63) is 24.3 Å². The van der Waals surface area contributed by atoms with E-state index < -0.39 is 49.4 Å². The van der Waals surface area contributed by atoms with Gasteiger partial charge >= 0.3 is 11.9 Å². The molecule has 0 aromatic rings. The SMILES string of the molecule is CCCCCCC/C=C\CCCCCCCC(=O)OCC(COC1OC(CO)C(O)C(O)C1O)OC(=O)CCCCCCCCC/C=C\CCCCCCCCC. The molecule has 6 atom stereocenters. The molecule has 0 aromatic heterocycles. The predicted molar refractivity (Wildman–Crippen MR) is 229 cm³/mol. The Morgan fingerprint density at radius 2 is 0.930 bits per heavy atom. The van der Waals surface area contributed by atoms with Gasteiger partial charge in [0.05, 0.1) is 13.2 Å². The van der Waals surface area contributed by atoms with Crippen molar-refractivity contribution in [3.8, 4) is 0 Å². The van der Waals surface area contributed by atoms with E-state index in [-0.39, 0.29) is 32.0 Å². The van der Waals surface area contributed by atoms with Crippen LogP contribution in [0.5, 0.6) is 0 Å². The molecule has 1 heterocycles. The van der Waals surface area contributed by atoms with Gasteiger partial charge in [-0.2, -0.15) is 0 Å². The van der Waals surface area contributed by atoms with Gasteiger partial charge in [0.1, 0.15) is 31.0 Å². The van der Waals surface area contributed by atoms with E-state index in [1.807, 2.05) is 0 Å². The Balaban J connectivity index is 2.31. The van der Waals surface area contributed by atoms with E-state index in [4.69, 9.17) is 18.9 Å². The zero-order valence-electron chi connectivity index (χ0n) is 36.3. The number of rotatable bonds is 39. The number of hydrogen-bond acceptors (Lipinski definition) is 10. The lowest BCUT2D eigenvalue weighted by atomic mass is 9.99. The molecule has 57 heavy (non-hydrogen) atoms. The smallest absolute Gasteiger partial charge is 0.306 e. The number of carbonyl (C=O) groups excluding carboxylic acids is 2. The van der Waals surface area contributed by atoms with Crippen LogP contribution in [-0.2, 0) is 28.5 Å². The average molecular weight is 811 g/mol. The normalized spacial score (nSPS) is 20.4. The average Bonchev–Trinajstić information content (AvgIpc) is 3.21. The van der Waals surface area contributed by atoms with Crippen LogP contribution in [0.2, 0.25) is 0 Å². The van der Waals surface area contributed by atoms with Gasteiger partial charge in [0.15, 0.2) is 12.4 Å². The van der Waals surface area contributed by atoms with Gasteiger partial charge in [0.25, 0.3) is 0 Å². The number of allylic oxidation sites excluding steroid dienone is 4. The molecule has 1 aliphatic heterocycles. The third-order valence-electron chi connectivity index (χ3n) is 10.8. The van der Waals surface area contributed by atoms with Crippen LogP contribution < -0.4 is 0 Å². The third-order valence-corrected chi connectivity index (χ3v) is 10.8. The summed E-state index contributed by atoms with van der Waals surface area (Å²) in [7, 11) is 0. The van der Waals surface area contributed by atoms with Gasteiger partial charge in [0.2, 0.25) is 0 Å². The second kappa shape index (κ2) is 38.4. The Morgan fingerprint density at radius 1 is 0.526 bits per heavy atom. The fraction of sp³-hybridized carbons (Fsp3) is 0.872. The summed E-state index contributed by atoms with van der Waals surface area (Å²) in [5.74, 6) is -0.816. The van der Waals surface area contributed by atoms with Gasteiger partial charge in [-0.15, -0.1) is 0 Å². The quantitative estimate of drug-likeness (QED) is 0.0268. The standard InChI is InChI=1S/C47H86O10/c1-3-5-7-9-11-13-15-17-19-20-21-22-24-26-28-30-32-34-36-43(50)56-40(39-55-47-46(53)45(52)44(51)41(37-48)57-47)38-54-42(49)35-33-31-29-27-25-23-18-16-14-12-10-8-6-4-2/h16,18-20,40-41,44-48,51-53H,3-15,17,21-39H2,1-2H3/b18-16-,20-19-. The van der Waals surface area contributed by atoms with Crippen molar-refractivity contribution in [1.82, 2.24) is 0 Å². The topological polar surface area (TPSA) is 152 Å². The number of unbranched alkanes of at least 4 members (excludes halogenated alkanes) is 24. The van der Waals surface area contributed by atoms with E-state index in [0.29, 0.717) is 12.8 Å². The molecule has 0 bridgehead atoms. The molecule has 0 radical (unpaired) electrons. The Labute approximate surface area is 347 Å². The van der Waals surface area contributed by atoms with E-state index in [0.717, 1.165) is 57.8 Å². The second-order valence-electron chi connectivity index (χ2n) is 16.2. The van der Waals surface area contributed by atoms with Crippen LogP contribution in [0, 0.1) is 0 Å². The van der Waals surface area contributed by atoms with Crippen molar-refractivity contribution in [2.75, 3.05) is 19.8 Å². The first-order valence-electron chi connectivity index (χ1n) is 23.4. The van der Waals surface area contributed by atoms with Gasteiger partial charge in [-0.3, -0.25) is 9.59 Å². The first-order chi connectivity index (χ1) is 27.8. The Kier molecular flexibility index (Phi) is 35.8. The van der Waals surface area contributed by atoms with Crippen LogP contribution in [0.1, 0.15) is 206 Å². The van der Waals surface area contributed by atoms with Crippen LogP contribution in [-0.4, -0.2) is 89.0 Å². The first kappa shape index (κ1) is 53.2. The Hall–Kier alpha value is -1.82. The first-order valence-corrected chi connectivity index (χ1v) is 23.4. The fourth-order valence-corrected chi connectivity index (χ4v) is 7.06. The van der Waals surface area contributed by atoms with Crippen molar-refractivity contribution < 1.29 is 49.0 Å². The van der Waals surface area contributed by atoms with Crippen LogP contribution in [0.15, 0.2) is 24.3 Å². The van der Waals surface area contributed by atoms with Gasteiger partial charge < -0.3 is 39.4 Å². The van der Waals surface area contributed by atoms with Crippen molar-refractivity contribution >= 4 is 11.9 Å². The summed E-state index contributed by atoms with van der Waals surface area (Å²) < 4.78 is 22.2. The lowest BCUT2D eigenvalue weighted by Crippen LogP contribution is -2.59. The molecule has 1 rings (SSSR count). The van der Waals surface area contributed by atoms with E-state index in [1.54, 1.807) is 0 Å². The monoisotopic (exact) mass is 811 g/mol. The fourth-order valence-electron chi connectivity index (χ4n) is 7.06. The highest BCUT2D eigenvalue weighted by molar-refractivity contribution is 5.70. The molecule has 334 valence electrons. The summed E-state index contributed by atoms with van der Waals surface area (Å²) in [5.41, 5.74) is 0. The molecule has 4 N–H and O–H groups in total. The molecule has 10 heteroatoms. The number of aliphatic hydroxyl groups excluding tert-OH is 4. The van der Waals surface area contributed by atoms with Crippen molar-refractivity contribution in [3.63, 3.8) is 0 Å². The van der Waals surface area contributed by atoms with E-state index in [9.17, 15) is 30.0 Å². The summed E-state index contributed by atoms with van der Waals surface area (Å²) in [4.78, 5) is 25.3. The Bertz CT molecular complexity index is 985. The zero-order chi connectivity index (χ0) is 41.6. The van der Waals surface area contributed by atoms with Crippen molar-refractivity contribution in [2.24, 2.45) is 0 Å². The molecular formula is C47H86O10. The molecule has 0 saturated carbocycles. The van der Waals surface area contributed by atoms with Crippen molar-refractivity contribution in [2.45, 2.75) is 243 Å². The van der Waals surface area contributed by atoms with Gasteiger partial charge in [0, 0.05) is 12.8 Å². The molecule has 0 aromatic carbocycles. The minimum atomic E-state index is -1.59. The van der Waals surface area contributed by atoms with Crippen LogP contribution in [0.25, 0.3) is 0 Å². The zero-order valence-corrected chi connectivity index (χ0v) is 36.3. The minimum Gasteiger partial charge on any atom is -0.462 e. The van der Waals surface area contributed by atoms with Gasteiger partial charge in [-0.1, -0.05) is 154 Å². The lowest BCUT2D eigenvalue weighted by molar-refractivity contribution is -0.305. The largest absolute Gasteiger partial charge is 0.462 e. The molecule has 1 saturated heterocycles. The summed E-state index contributed by atoms with van der Waals surface area (Å²) in [6.45, 7) is 3.41. The Morgan fingerprint density at radius 3 is 1.37 bits per heavy atom. The van der Waals surface area contributed by atoms with Gasteiger partial charge in [-0.25, -0.2) is 0 Å². The van der Waals surface area contributed by atoms with Crippen molar-refractivity contribution in [1.29, 1.82) is 0 Å². The third kappa shape index (κ3) is 30.0. The molecule has 1 fully saturated rings. The van der Waals surface area contributed by atoms with Crippen LogP contribution in [0.3, 0.4) is 0 Å². The summed E-state index contributed by atoms with van der Waals surface area (Å²) in [6.07, 6.45) is 34.6. The van der Waals surface area contributed by atoms with E-state index in [2.05, 4.69) is 38.2 Å². The van der Waals surface area contributed by atoms with E-state index >= 15 is 0 Å². The number of carbonyl (C=O) groups is 2. The number of ether oxygens (including phenoxy) is 4. The molecule has 6 unspecified atom stereocenters. The molecule has 0 aliphatic carbocycles. The predicted octanol–water partition coefficient (Wildman–Crippen LogP) is 10.1. The molecular weight excluding hydrogens is 725 g/mol. The lowest BCUT2D eigenvalue weighted by Gasteiger charge is -2.39. The molecule has 1 aliphatic rings. The minimum absolute atomic E-state index is 0.221. The molecule has 0 amide bonds.